The molecule has 0 fully saturated rings. The molecule has 3 rings (SSSR count). The van der Waals surface area contributed by atoms with Crippen molar-refractivity contribution in [1.82, 2.24) is 15.0 Å². The summed E-state index contributed by atoms with van der Waals surface area (Å²) < 4.78 is 0. The molecule has 4 heteroatoms. The lowest BCUT2D eigenvalue weighted by Crippen LogP contribution is -1.99. The van der Waals surface area contributed by atoms with E-state index in [1.807, 2.05) is 62.4 Å². The average Bonchev–Trinajstić information content (AvgIpc) is 2.66. The molecule has 0 aliphatic carbocycles. The Labute approximate surface area is 152 Å². The molecule has 0 saturated carbocycles. The Kier molecular flexibility index (Phi) is 5.36. The third kappa shape index (κ3) is 4.20. The lowest BCUT2D eigenvalue weighted by molar-refractivity contribution is 1.02. The topological polar surface area (TPSA) is 38.7 Å². The minimum absolute atomic E-state index is 0.195. The number of allylic oxidation sites excluding steroid dienone is 4. The fraction of sp³-hybridized carbons (Fsp3) is 0.0952. The predicted octanol–water partition coefficient (Wildman–Crippen LogP) is 5.84. The van der Waals surface area contributed by atoms with Gasteiger partial charge in [0.25, 0.3) is 0 Å². The van der Waals surface area contributed by atoms with Crippen molar-refractivity contribution >= 4 is 17.2 Å². The van der Waals surface area contributed by atoms with Crippen molar-refractivity contribution in [2.75, 3.05) is 0 Å². The van der Waals surface area contributed by atoms with Gasteiger partial charge >= 0.3 is 0 Å². The van der Waals surface area contributed by atoms with Crippen LogP contribution in [0.5, 0.6) is 0 Å². The van der Waals surface area contributed by atoms with Gasteiger partial charge < -0.3 is 0 Å². The van der Waals surface area contributed by atoms with Crippen molar-refractivity contribution in [2.45, 2.75) is 13.8 Å². The zero-order valence-corrected chi connectivity index (χ0v) is 14.9. The Bertz CT molecular complexity index is 914. The Hall–Kier alpha value is -2.78. The van der Waals surface area contributed by atoms with Gasteiger partial charge in [-0.25, -0.2) is 4.98 Å². The minimum Gasteiger partial charge on any atom is -0.208 e. The van der Waals surface area contributed by atoms with Crippen LogP contribution in [0.15, 0.2) is 72.8 Å². The molecule has 3 aromatic rings. The molecule has 3 nitrogen and oxygen atoms in total. The monoisotopic (exact) mass is 347 g/mol. The first-order chi connectivity index (χ1) is 12.2. The second kappa shape index (κ2) is 7.86. The van der Waals surface area contributed by atoms with Gasteiger partial charge in [0.05, 0.1) is 0 Å². The fourth-order valence-corrected chi connectivity index (χ4v) is 2.57. The molecule has 0 aliphatic heterocycles. The van der Waals surface area contributed by atoms with Gasteiger partial charge in [-0.15, -0.1) is 0 Å². The van der Waals surface area contributed by atoms with Gasteiger partial charge in [-0.2, -0.15) is 9.97 Å². The van der Waals surface area contributed by atoms with Crippen molar-refractivity contribution in [1.29, 1.82) is 0 Å². The third-order valence-corrected chi connectivity index (χ3v) is 3.92. The van der Waals surface area contributed by atoms with Crippen LogP contribution in [0.3, 0.4) is 0 Å². The van der Waals surface area contributed by atoms with Crippen LogP contribution in [-0.4, -0.2) is 15.0 Å². The van der Waals surface area contributed by atoms with E-state index in [1.54, 1.807) is 0 Å². The summed E-state index contributed by atoms with van der Waals surface area (Å²) in [6, 6.07) is 18.4. The average molecular weight is 348 g/mol. The van der Waals surface area contributed by atoms with Crippen LogP contribution >= 0.6 is 11.6 Å². The highest BCUT2D eigenvalue weighted by Gasteiger charge is 2.09. The van der Waals surface area contributed by atoms with Crippen LogP contribution in [0.4, 0.5) is 0 Å². The van der Waals surface area contributed by atoms with E-state index >= 15 is 0 Å². The Morgan fingerprint density at radius 1 is 0.840 bits per heavy atom. The lowest BCUT2D eigenvalue weighted by atomic mass is 10.0. The van der Waals surface area contributed by atoms with E-state index in [9.17, 15) is 0 Å². The summed E-state index contributed by atoms with van der Waals surface area (Å²) >= 11 is 6.10. The van der Waals surface area contributed by atoms with Gasteiger partial charge in [0, 0.05) is 5.56 Å². The number of hydrogen-bond acceptors (Lipinski definition) is 3. The molecule has 124 valence electrons. The fourth-order valence-electron chi connectivity index (χ4n) is 2.41. The van der Waals surface area contributed by atoms with Crippen molar-refractivity contribution < 1.29 is 0 Å². The third-order valence-electron chi connectivity index (χ3n) is 3.75. The SMILES string of the molecule is C/C=C\C=C(/C)c1nc(Cl)nc(-c2ccc(-c3ccccc3)cc2)n1. The van der Waals surface area contributed by atoms with E-state index in [2.05, 4.69) is 39.2 Å². The molecule has 0 unspecified atom stereocenters. The molecule has 0 bridgehead atoms. The normalized spacial score (nSPS) is 11.9. The molecule has 0 aliphatic rings. The van der Waals surface area contributed by atoms with E-state index in [4.69, 9.17) is 11.6 Å². The predicted molar refractivity (Wildman–Crippen MR) is 104 cm³/mol. The smallest absolute Gasteiger partial charge is 0.208 e. The Balaban J connectivity index is 1.95. The van der Waals surface area contributed by atoms with Crippen LogP contribution in [0.25, 0.3) is 28.1 Å². The lowest BCUT2D eigenvalue weighted by Gasteiger charge is -2.06. The molecule has 0 N–H and O–H groups in total. The van der Waals surface area contributed by atoms with Gasteiger partial charge in [-0.05, 0) is 42.1 Å². The maximum Gasteiger partial charge on any atom is 0.226 e. The van der Waals surface area contributed by atoms with Crippen LogP contribution in [0.1, 0.15) is 19.7 Å². The molecule has 2 aromatic carbocycles. The van der Waals surface area contributed by atoms with Crippen molar-refractivity contribution in [3.8, 4) is 22.5 Å². The van der Waals surface area contributed by atoms with Crippen molar-refractivity contribution in [3.63, 3.8) is 0 Å². The first-order valence-electron chi connectivity index (χ1n) is 8.05. The number of benzene rings is 2. The number of halogens is 1. The molecular weight excluding hydrogens is 330 g/mol. The molecule has 25 heavy (non-hydrogen) atoms. The number of hydrogen-bond donors (Lipinski definition) is 0. The summed E-state index contributed by atoms with van der Waals surface area (Å²) in [7, 11) is 0. The summed E-state index contributed by atoms with van der Waals surface area (Å²) in [6.45, 7) is 3.91. The molecule has 0 atom stereocenters. The van der Waals surface area contributed by atoms with E-state index in [0.29, 0.717) is 11.6 Å². The molecule has 0 saturated heterocycles. The van der Waals surface area contributed by atoms with E-state index in [0.717, 1.165) is 16.7 Å². The summed E-state index contributed by atoms with van der Waals surface area (Å²) in [5.74, 6) is 1.16. The first-order valence-corrected chi connectivity index (χ1v) is 8.42. The van der Waals surface area contributed by atoms with Crippen LogP contribution in [0.2, 0.25) is 5.28 Å². The zero-order chi connectivity index (χ0) is 17.6. The van der Waals surface area contributed by atoms with E-state index in [1.165, 1.54) is 5.56 Å². The Morgan fingerprint density at radius 3 is 2.16 bits per heavy atom. The molecule has 1 heterocycles. The van der Waals surface area contributed by atoms with Gasteiger partial charge in [-0.3, -0.25) is 0 Å². The first kappa shape index (κ1) is 17.1. The molecular formula is C21H18ClN3. The van der Waals surface area contributed by atoms with E-state index in [-0.39, 0.29) is 5.28 Å². The quantitative estimate of drug-likeness (QED) is 0.556. The van der Waals surface area contributed by atoms with Gasteiger partial charge in [-0.1, -0.05) is 72.8 Å². The largest absolute Gasteiger partial charge is 0.226 e. The number of rotatable bonds is 4. The van der Waals surface area contributed by atoms with Crippen molar-refractivity contribution in [3.05, 3.63) is 83.9 Å². The maximum atomic E-state index is 6.10. The molecule has 0 radical (unpaired) electrons. The minimum atomic E-state index is 0.195. The van der Waals surface area contributed by atoms with Gasteiger partial charge in [0.2, 0.25) is 5.28 Å². The summed E-state index contributed by atoms with van der Waals surface area (Å²) in [5.41, 5.74) is 4.16. The molecule has 1 aromatic heterocycles. The number of aromatic nitrogens is 3. The summed E-state index contributed by atoms with van der Waals surface area (Å²) in [5, 5.41) is 0.195. The van der Waals surface area contributed by atoms with Gasteiger partial charge in [0.1, 0.15) is 0 Å². The van der Waals surface area contributed by atoms with Crippen LogP contribution in [0, 0.1) is 0 Å². The number of nitrogens with zero attached hydrogens (tertiary/aromatic N) is 3. The van der Waals surface area contributed by atoms with Crippen molar-refractivity contribution in [2.24, 2.45) is 0 Å². The highest BCUT2D eigenvalue weighted by molar-refractivity contribution is 6.28. The summed E-state index contributed by atoms with van der Waals surface area (Å²) in [6.07, 6.45) is 5.85. The summed E-state index contributed by atoms with van der Waals surface area (Å²) in [4.78, 5) is 13.0. The highest BCUT2D eigenvalue weighted by Crippen LogP contribution is 2.24. The standard InChI is InChI=1S/C21H18ClN3/c1-3-4-8-15(2)19-23-20(25-21(22)24-19)18-13-11-17(12-14-18)16-9-6-5-7-10-16/h3-14H,1-2H3/b4-3-,15-8+. The van der Waals surface area contributed by atoms with Gasteiger partial charge in [0.15, 0.2) is 11.6 Å². The maximum absolute atomic E-state index is 6.10. The zero-order valence-electron chi connectivity index (χ0n) is 14.1. The molecule has 0 spiro atoms. The van der Waals surface area contributed by atoms with E-state index < -0.39 is 0 Å². The Morgan fingerprint density at radius 2 is 1.48 bits per heavy atom. The second-order valence-electron chi connectivity index (χ2n) is 5.57. The molecule has 0 amide bonds. The second-order valence-corrected chi connectivity index (χ2v) is 5.91. The van der Waals surface area contributed by atoms with Crippen LogP contribution < -0.4 is 0 Å². The van der Waals surface area contributed by atoms with Crippen LogP contribution in [-0.2, 0) is 0 Å². The highest BCUT2D eigenvalue weighted by atomic mass is 35.5.